The molecule has 1 aromatic rings. The number of carbonyl (C=O) groups is 1. The zero-order valence-corrected chi connectivity index (χ0v) is 12.9. The number of carboxylic acids is 1. The van der Waals surface area contributed by atoms with E-state index in [4.69, 9.17) is 5.11 Å². The van der Waals surface area contributed by atoms with Crippen LogP contribution >= 0.6 is 0 Å². The Bertz CT molecular complexity index is 551. The van der Waals surface area contributed by atoms with Gasteiger partial charge in [-0.3, -0.25) is 9.69 Å². The van der Waals surface area contributed by atoms with E-state index >= 15 is 0 Å². The third-order valence-corrected chi connectivity index (χ3v) is 4.32. The van der Waals surface area contributed by atoms with Crippen molar-refractivity contribution in [3.63, 3.8) is 0 Å². The van der Waals surface area contributed by atoms with Gasteiger partial charge in [0.1, 0.15) is 0 Å². The molecule has 1 atom stereocenters. The Morgan fingerprint density at radius 3 is 2.25 bits per heavy atom. The molecule has 0 saturated carbocycles. The molecule has 0 aromatic heterocycles. The molecule has 1 rings (SSSR count). The summed E-state index contributed by atoms with van der Waals surface area (Å²) in [6.07, 6.45) is 2.03. The van der Waals surface area contributed by atoms with Gasteiger partial charge in [0.2, 0.25) is 0 Å². The van der Waals surface area contributed by atoms with Gasteiger partial charge in [0.25, 0.3) is 0 Å². The summed E-state index contributed by atoms with van der Waals surface area (Å²) in [5.74, 6) is -0.863. The van der Waals surface area contributed by atoms with Crippen LogP contribution in [0.15, 0.2) is 29.2 Å². The molecule has 0 aliphatic carbocycles. The van der Waals surface area contributed by atoms with Crippen LogP contribution < -0.4 is 0 Å². The number of carboxylic acid groups (broad SMARTS) is 1. The third kappa shape index (κ3) is 4.61. The van der Waals surface area contributed by atoms with Crippen LogP contribution in [0.3, 0.4) is 0 Å². The van der Waals surface area contributed by atoms with Gasteiger partial charge in [-0.1, -0.05) is 19.1 Å². The highest BCUT2D eigenvalue weighted by Gasteiger charge is 2.18. The molecule has 0 bridgehead atoms. The molecule has 1 aromatic carbocycles. The van der Waals surface area contributed by atoms with Gasteiger partial charge in [-0.2, -0.15) is 0 Å². The molecule has 0 aliphatic heterocycles. The SMILES string of the molecule is CCCN(CC(=O)O)C(C)c1ccc(S(C)(=O)=O)cc1. The predicted molar refractivity (Wildman–Crippen MR) is 77.5 cm³/mol. The molecule has 20 heavy (non-hydrogen) atoms. The monoisotopic (exact) mass is 299 g/mol. The van der Waals surface area contributed by atoms with Crippen LogP contribution in [0.1, 0.15) is 31.9 Å². The van der Waals surface area contributed by atoms with Crippen molar-refractivity contribution in [3.05, 3.63) is 29.8 Å². The molecule has 1 unspecified atom stereocenters. The first-order chi connectivity index (χ1) is 9.25. The van der Waals surface area contributed by atoms with Gasteiger partial charge in [0, 0.05) is 12.3 Å². The Hall–Kier alpha value is -1.40. The second-order valence-corrected chi connectivity index (χ2v) is 6.90. The van der Waals surface area contributed by atoms with Gasteiger partial charge < -0.3 is 5.11 Å². The minimum absolute atomic E-state index is 0.0250. The van der Waals surface area contributed by atoms with Crippen molar-refractivity contribution in [2.45, 2.75) is 31.2 Å². The van der Waals surface area contributed by atoms with E-state index in [0.717, 1.165) is 12.0 Å². The van der Waals surface area contributed by atoms with E-state index in [-0.39, 0.29) is 17.5 Å². The van der Waals surface area contributed by atoms with Gasteiger partial charge in [0.15, 0.2) is 9.84 Å². The predicted octanol–water partition coefficient (Wildman–Crippen LogP) is 1.95. The summed E-state index contributed by atoms with van der Waals surface area (Å²) in [4.78, 5) is 13.0. The van der Waals surface area contributed by atoms with E-state index in [1.807, 2.05) is 18.7 Å². The molecule has 0 heterocycles. The van der Waals surface area contributed by atoms with Crippen LogP contribution in [-0.4, -0.2) is 43.7 Å². The summed E-state index contributed by atoms with van der Waals surface area (Å²) >= 11 is 0. The molecule has 5 nitrogen and oxygen atoms in total. The minimum atomic E-state index is -3.20. The molecule has 0 radical (unpaired) electrons. The highest BCUT2D eigenvalue weighted by molar-refractivity contribution is 7.90. The number of benzene rings is 1. The fourth-order valence-corrected chi connectivity index (χ4v) is 2.71. The van der Waals surface area contributed by atoms with Gasteiger partial charge in [-0.15, -0.1) is 0 Å². The van der Waals surface area contributed by atoms with Crippen molar-refractivity contribution >= 4 is 15.8 Å². The van der Waals surface area contributed by atoms with Crippen molar-refractivity contribution in [2.75, 3.05) is 19.3 Å². The van der Waals surface area contributed by atoms with Crippen molar-refractivity contribution in [1.29, 1.82) is 0 Å². The first kappa shape index (κ1) is 16.7. The highest BCUT2D eigenvalue weighted by Crippen LogP contribution is 2.22. The lowest BCUT2D eigenvalue weighted by Crippen LogP contribution is -2.33. The number of aliphatic carboxylic acids is 1. The largest absolute Gasteiger partial charge is 0.480 e. The molecule has 1 N–H and O–H groups in total. The van der Waals surface area contributed by atoms with E-state index in [1.54, 1.807) is 24.3 Å². The summed E-state index contributed by atoms with van der Waals surface area (Å²) in [6.45, 7) is 4.58. The maximum absolute atomic E-state index is 11.4. The Morgan fingerprint density at radius 1 is 1.30 bits per heavy atom. The van der Waals surface area contributed by atoms with E-state index < -0.39 is 15.8 Å². The van der Waals surface area contributed by atoms with E-state index in [2.05, 4.69) is 0 Å². The molecule has 6 heteroatoms. The van der Waals surface area contributed by atoms with Gasteiger partial charge in [0.05, 0.1) is 11.4 Å². The molecule has 0 saturated heterocycles. The van der Waals surface area contributed by atoms with Crippen LogP contribution in [0.25, 0.3) is 0 Å². The Kier molecular flexibility index (Phi) is 5.71. The first-order valence-corrected chi connectivity index (χ1v) is 8.40. The minimum Gasteiger partial charge on any atom is -0.480 e. The fourth-order valence-electron chi connectivity index (χ4n) is 2.07. The second kappa shape index (κ2) is 6.85. The molecule has 112 valence electrons. The van der Waals surface area contributed by atoms with Crippen LogP contribution in [-0.2, 0) is 14.6 Å². The standard InChI is InChI=1S/C14H21NO4S/c1-4-9-15(10-14(16)17)11(2)12-5-7-13(8-6-12)20(3,18)19/h5-8,11H,4,9-10H2,1-3H3,(H,16,17). The maximum atomic E-state index is 11.4. The molecule has 0 spiro atoms. The van der Waals surface area contributed by atoms with Crippen LogP contribution in [0, 0.1) is 0 Å². The van der Waals surface area contributed by atoms with Crippen molar-refractivity contribution in [2.24, 2.45) is 0 Å². The zero-order chi connectivity index (χ0) is 15.3. The molecule has 0 aliphatic rings. The average Bonchev–Trinajstić information content (AvgIpc) is 2.36. The lowest BCUT2D eigenvalue weighted by atomic mass is 10.1. The smallest absolute Gasteiger partial charge is 0.317 e. The molecular weight excluding hydrogens is 278 g/mol. The van der Waals surface area contributed by atoms with Crippen LogP contribution in [0.5, 0.6) is 0 Å². The number of hydrogen-bond donors (Lipinski definition) is 1. The topological polar surface area (TPSA) is 74.7 Å². The van der Waals surface area contributed by atoms with Crippen molar-refractivity contribution < 1.29 is 18.3 Å². The lowest BCUT2D eigenvalue weighted by molar-refractivity contribution is -0.138. The normalized spacial score (nSPS) is 13.4. The van der Waals surface area contributed by atoms with Crippen LogP contribution in [0.2, 0.25) is 0 Å². The summed E-state index contributed by atoms with van der Waals surface area (Å²) in [6, 6.07) is 6.54. The van der Waals surface area contributed by atoms with Crippen LogP contribution in [0.4, 0.5) is 0 Å². The van der Waals surface area contributed by atoms with Crippen molar-refractivity contribution in [1.82, 2.24) is 4.90 Å². The Labute approximate surface area is 120 Å². The van der Waals surface area contributed by atoms with Gasteiger partial charge in [-0.25, -0.2) is 8.42 Å². The van der Waals surface area contributed by atoms with Gasteiger partial charge in [-0.05, 0) is 37.6 Å². The Balaban J connectivity index is 2.94. The number of hydrogen-bond acceptors (Lipinski definition) is 4. The molecular formula is C14H21NO4S. The first-order valence-electron chi connectivity index (χ1n) is 6.51. The fraction of sp³-hybridized carbons (Fsp3) is 0.500. The summed E-state index contributed by atoms with van der Waals surface area (Å²) < 4.78 is 22.8. The van der Waals surface area contributed by atoms with E-state index in [9.17, 15) is 13.2 Å². The maximum Gasteiger partial charge on any atom is 0.317 e. The molecule has 0 fully saturated rings. The highest BCUT2D eigenvalue weighted by atomic mass is 32.2. The molecule has 0 amide bonds. The van der Waals surface area contributed by atoms with E-state index in [0.29, 0.717) is 6.54 Å². The summed E-state index contributed by atoms with van der Waals surface area (Å²) in [7, 11) is -3.20. The van der Waals surface area contributed by atoms with Crippen molar-refractivity contribution in [3.8, 4) is 0 Å². The number of sulfone groups is 1. The number of rotatable bonds is 7. The summed E-state index contributed by atoms with van der Waals surface area (Å²) in [5.41, 5.74) is 0.909. The lowest BCUT2D eigenvalue weighted by Gasteiger charge is -2.27. The summed E-state index contributed by atoms with van der Waals surface area (Å²) in [5, 5.41) is 8.94. The average molecular weight is 299 g/mol. The van der Waals surface area contributed by atoms with E-state index in [1.165, 1.54) is 6.26 Å². The van der Waals surface area contributed by atoms with Gasteiger partial charge >= 0.3 is 5.97 Å². The quantitative estimate of drug-likeness (QED) is 0.833. The number of nitrogens with zero attached hydrogens (tertiary/aromatic N) is 1. The second-order valence-electron chi connectivity index (χ2n) is 4.88. The Morgan fingerprint density at radius 2 is 1.85 bits per heavy atom. The zero-order valence-electron chi connectivity index (χ0n) is 12.0. The third-order valence-electron chi connectivity index (χ3n) is 3.19.